The van der Waals surface area contributed by atoms with E-state index in [0.29, 0.717) is 32.2 Å². The monoisotopic (exact) mass is 343 g/mol. The summed E-state index contributed by atoms with van der Waals surface area (Å²) in [5.74, 6) is 1.60. The highest BCUT2D eigenvalue weighted by atomic mass is 32.2. The lowest BCUT2D eigenvalue weighted by Crippen LogP contribution is -2.44. The van der Waals surface area contributed by atoms with Crippen molar-refractivity contribution in [3.8, 4) is 0 Å². The lowest BCUT2D eigenvalue weighted by molar-refractivity contribution is -0.134. The number of hydrogen-bond donors (Lipinski definition) is 0. The molecule has 1 saturated carbocycles. The van der Waals surface area contributed by atoms with Crippen LogP contribution in [0.2, 0.25) is 0 Å². The summed E-state index contributed by atoms with van der Waals surface area (Å²) in [6.07, 6.45) is 2.34. The van der Waals surface area contributed by atoms with E-state index in [9.17, 15) is 4.79 Å². The van der Waals surface area contributed by atoms with Gasteiger partial charge in [0.15, 0.2) is 0 Å². The minimum absolute atomic E-state index is 0.159. The van der Waals surface area contributed by atoms with Gasteiger partial charge in [0.2, 0.25) is 5.91 Å². The van der Waals surface area contributed by atoms with Crippen LogP contribution in [0.3, 0.4) is 0 Å². The molecule has 1 aliphatic heterocycles. The largest absolute Gasteiger partial charge is 0.378 e. The minimum Gasteiger partial charge on any atom is -0.378 e. The summed E-state index contributed by atoms with van der Waals surface area (Å²) in [5.41, 5.74) is 0.975. The highest BCUT2D eigenvalue weighted by Crippen LogP contribution is 2.40. The molecule has 1 saturated heterocycles. The summed E-state index contributed by atoms with van der Waals surface area (Å²) in [6.45, 7) is 4.59. The summed E-state index contributed by atoms with van der Waals surface area (Å²) in [5, 5.41) is 1.80. The number of hydrogen-bond acceptors (Lipinski definition) is 5. The van der Waals surface area contributed by atoms with Crippen LogP contribution in [-0.4, -0.2) is 52.3 Å². The fourth-order valence-electron chi connectivity index (χ4n) is 2.94. The van der Waals surface area contributed by atoms with Crippen molar-refractivity contribution in [2.24, 2.45) is 0 Å². The van der Waals surface area contributed by atoms with E-state index in [0.717, 1.165) is 21.8 Å². The second-order valence-corrected chi connectivity index (χ2v) is 7.71. The Hall–Kier alpha value is -1.66. The molecule has 1 atom stereocenters. The molecule has 6 heteroatoms. The number of carbonyl (C=O) groups is 1. The molecule has 0 N–H and O–H groups in total. The van der Waals surface area contributed by atoms with Crippen molar-refractivity contribution in [3.05, 3.63) is 30.1 Å². The lowest BCUT2D eigenvalue weighted by Gasteiger charge is -2.29. The lowest BCUT2D eigenvalue weighted by atomic mass is 10.2. The number of benzene rings is 1. The van der Waals surface area contributed by atoms with Crippen molar-refractivity contribution in [2.75, 3.05) is 26.3 Å². The molecule has 1 unspecified atom stereocenters. The van der Waals surface area contributed by atoms with Gasteiger partial charge in [-0.1, -0.05) is 30.0 Å². The molecule has 2 heterocycles. The number of aromatic nitrogens is 2. The number of carbonyl (C=O) groups excluding carboxylic acids is 1. The van der Waals surface area contributed by atoms with E-state index in [-0.39, 0.29) is 11.2 Å². The van der Waals surface area contributed by atoms with Gasteiger partial charge >= 0.3 is 0 Å². The SMILES string of the molecule is CC(Sc1nc(C2CC2)nc2ccccc12)C(=O)N1CCOCC1. The van der Waals surface area contributed by atoms with Gasteiger partial charge in [0.05, 0.1) is 24.0 Å². The van der Waals surface area contributed by atoms with E-state index in [1.807, 2.05) is 36.1 Å². The van der Waals surface area contributed by atoms with E-state index in [1.165, 1.54) is 12.8 Å². The third-order valence-corrected chi connectivity index (χ3v) is 5.58. The molecular formula is C18H21N3O2S. The number of rotatable bonds is 4. The number of amides is 1. The molecule has 0 spiro atoms. The Balaban J connectivity index is 1.59. The van der Waals surface area contributed by atoms with Crippen molar-refractivity contribution >= 4 is 28.6 Å². The maximum absolute atomic E-state index is 12.7. The van der Waals surface area contributed by atoms with Crippen LogP contribution in [-0.2, 0) is 9.53 Å². The van der Waals surface area contributed by atoms with Crippen LogP contribution in [0, 0.1) is 0 Å². The first kappa shape index (κ1) is 15.8. The van der Waals surface area contributed by atoms with Crippen LogP contribution in [0.25, 0.3) is 10.9 Å². The quantitative estimate of drug-likeness (QED) is 0.631. The third-order valence-electron chi connectivity index (χ3n) is 4.49. The smallest absolute Gasteiger partial charge is 0.235 e. The van der Waals surface area contributed by atoms with Gasteiger partial charge in [-0.2, -0.15) is 0 Å². The van der Waals surface area contributed by atoms with Gasteiger partial charge in [0, 0.05) is 24.4 Å². The van der Waals surface area contributed by atoms with Gasteiger partial charge in [0.1, 0.15) is 10.9 Å². The molecule has 126 valence electrons. The number of ether oxygens (including phenoxy) is 1. The predicted molar refractivity (Wildman–Crippen MR) is 94.2 cm³/mol. The van der Waals surface area contributed by atoms with Gasteiger partial charge in [-0.3, -0.25) is 4.79 Å². The van der Waals surface area contributed by atoms with E-state index in [4.69, 9.17) is 14.7 Å². The first-order valence-electron chi connectivity index (χ1n) is 8.52. The average Bonchev–Trinajstić information content (AvgIpc) is 3.47. The second-order valence-electron chi connectivity index (χ2n) is 6.38. The van der Waals surface area contributed by atoms with Gasteiger partial charge in [-0.05, 0) is 25.8 Å². The second kappa shape index (κ2) is 6.69. The van der Waals surface area contributed by atoms with Crippen LogP contribution >= 0.6 is 11.8 Å². The van der Waals surface area contributed by atoms with Crippen molar-refractivity contribution in [1.29, 1.82) is 0 Å². The first-order chi connectivity index (χ1) is 11.7. The van der Waals surface area contributed by atoms with Gasteiger partial charge in [-0.25, -0.2) is 9.97 Å². The van der Waals surface area contributed by atoms with Gasteiger partial charge < -0.3 is 9.64 Å². The van der Waals surface area contributed by atoms with Gasteiger partial charge in [0.25, 0.3) is 0 Å². The molecule has 5 nitrogen and oxygen atoms in total. The molecule has 1 aliphatic carbocycles. The third kappa shape index (κ3) is 3.26. The fraction of sp³-hybridized carbons (Fsp3) is 0.500. The molecule has 1 aromatic carbocycles. The first-order valence-corrected chi connectivity index (χ1v) is 9.40. The number of thioether (sulfide) groups is 1. The predicted octanol–water partition coefficient (Wildman–Crippen LogP) is 2.85. The van der Waals surface area contributed by atoms with E-state index in [1.54, 1.807) is 11.8 Å². The summed E-state index contributed by atoms with van der Waals surface area (Å²) in [7, 11) is 0. The zero-order valence-corrected chi connectivity index (χ0v) is 14.6. The molecular weight excluding hydrogens is 322 g/mol. The maximum Gasteiger partial charge on any atom is 0.235 e. The Kier molecular flexibility index (Phi) is 4.41. The Morgan fingerprint density at radius 3 is 2.75 bits per heavy atom. The fourth-order valence-corrected chi connectivity index (χ4v) is 3.97. The van der Waals surface area contributed by atoms with Crippen molar-refractivity contribution in [2.45, 2.75) is 36.0 Å². The van der Waals surface area contributed by atoms with Crippen LogP contribution in [0.5, 0.6) is 0 Å². The van der Waals surface area contributed by atoms with Crippen LogP contribution in [0.4, 0.5) is 0 Å². The standard InChI is InChI=1S/C18H21N3O2S/c1-12(18(22)21-8-10-23-11-9-21)24-17-14-4-2-3-5-15(14)19-16(20-17)13-6-7-13/h2-5,12-13H,6-11H2,1H3. The summed E-state index contributed by atoms with van der Waals surface area (Å²) in [4.78, 5) is 24.1. The molecule has 0 bridgehead atoms. The van der Waals surface area contributed by atoms with Crippen molar-refractivity contribution in [1.82, 2.24) is 14.9 Å². The highest BCUT2D eigenvalue weighted by molar-refractivity contribution is 8.00. The summed E-state index contributed by atoms with van der Waals surface area (Å²) >= 11 is 1.55. The molecule has 2 fully saturated rings. The van der Waals surface area contributed by atoms with Gasteiger partial charge in [-0.15, -0.1) is 0 Å². The average molecular weight is 343 g/mol. The number of morpholine rings is 1. The maximum atomic E-state index is 12.7. The van der Waals surface area contributed by atoms with E-state index >= 15 is 0 Å². The van der Waals surface area contributed by atoms with Crippen molar-refractivity contribution < 1.29 is 9.53 Å². The Morgan fingerprint density at radius 1 is 1.25 bits per heavy atom. The number of nitrogens with zero attached hydrogens (tertiary/aromatic N) is 3. The van der Waals surface area contributed by atoms with Crippen LogP contribution in [0.15, 0.2) is 29.3 Å². The molecule has 1 amide bonds. The Bertz CT molecular complexity index is 757. The molecule has 24 heavy (non-hydrogen) atoms. The Morgan fingerprint density at radius 2 is 2.00 bits per heavy atom. The zero-order chi connectivity index (χ0) is 16.5. The summed E-state index contributed by atoms with van der Waals surface area (Å²) in [6, 6.07) is 8.07. The van der Waals surface area contributed by atoms with E-state index in [2.05, 4.69) is 0 Å². The Labute approximate surface area is 145 Å². The minimum atomic E-state index is -0.159. The van der Waals surface area contributed by atoms with E-state index < -0.39 is 0 Å². The van der Waals surface area contributed by atoms with Crippen molar-refractivity contribution in [3.63, 3.8) is 0 Å². The molecule has 2 aromatic rings. The zero-order valence-electron chi connectivity index (χ0n) is 13.8. The molecule has 4 rings (SSSR count). The van der Waals surface area contributed by atoms with Crippen LogP contribution < -0.4 is 0 Å². The van der Waals surface area contributed by atoms with Crippen LogP contribution in [0.1, 0.15) is 31.5 Å². The molecule has 1 aromatic heterocycles. The topological polar surface area (TPSA) is 55.3 Å². The number of fused-ring (bicyclic) bond motifs is 1. The molecule has 0 radical (unpaired) electrons. The normalized spacial score (nSPS) is 19.5. The number of para-hydroxylation sites is 1. The summed E-state index contributed by atoms with van der Waals surface area (Å²) < 4.78 is 5.33. The highest BCUT2D eigenvalue weighted by Gasteiger charge is 2.29. The molecule has 2 aliphatic rings.